The maximum Gasteiger partial charge on any atom is 0.495 e. The fraction of sp³-hybridized carbons (Fsp3) is 0.533. The van der Waals surface area contributed by atoms with Gasteiger partial charge in [0.2, 0.25) is 0 Å². The standard InChI is InChI=1S/C15H19F3N2O/c1-2-3-4-5-6-10-21-13-9-7-8-12(11-13)14(20-19)15(16,17)18/h7-9,11H,2-6,10H2,1H3. The molecule has 0 spiro atoms. The van der Waals surface area contributed by atoms with Gasteiger partial charge in [-0.05, 0) is 24.6 Å². The molecule has 0 aliphatic rings. The van der Waals surface area contributed by atoms with Gasteiger partial charge in [-0.3, -0.25) is 0 Å². The Labute approximate surface area is 122 Å². The maximum atomic E-state index is 12.6. The Morgan fingerprint density at radius 3 is 2.52 bits per heavy atom. The van der Waals surface area contributed by atoms with Gasteiger partial charge < -0.3 is 10.3 Å². The van der Waals surface area contributed by atoms with Crippen molar-refractivity contribution in [3.63, 3.8) is 0 Å². The van der Waals surface area contributed by atoms with Gasteiger partial charge in [0.25, 0.3) is 0 Å². The Hall–Kier alpha value is -1.81. The smallest absolute Gasteiger partial charge is 0.494 e. The number of benzene rings is 1. The van der Waals surface area contributed by atoms with Crippen LogP contribution in [0.25, 0.3) is 5.53 Å². The lowest BCUT2D eigenvalue weighted by Crippen LogP contribution is -2.25. The van der Waals surface area contributed by atoms with Crippen molar-refractivity contribution >= 4 is 5.71 Å². The number of alkyl halides is 3. The van der Waals surface area contributed by atoms with Gasteiger partial charge in [-0.2, -0.15) is 18.0 Å². The summed E-state index contributed by atoms with van der Waals surface area (Å²) < 4.78 is 43.3. The van der Waals surface area contributed by atoms with Crippen LogP contribution < -0.4 is 4.74 Å². The van der Waals surface area contributed by atoms with Crippen molar-refractivity contribution in [3.8, 4) is 5.75 Å². The van der Waals surface area contributed by atoms with Crippen molar-refractivity contribution in [1.82, 2.24) is 0 Å². The minimum atomic E-state index is -4.70. The van der Waals surface area contributed by atoms with E-state index < -0.39 is 11.9 Å². The summed E-state index contributed by atoms with van der Waals surface area (Å²) in [6.45, 7) is 2.59. The van der Waals surface area contributed by atoms with E-state index >= 15 is 0 Å². The molecule has 0 radical (unpaired) electrons. The zero-order valence-electron chi connectivity index (χ0n) is 12.0. The molecule has 1 aromatic carbocycles. The molecule has 0 saturated heterocycles. The van der Waals surface area contributed by atoms with Crippen LogP contribution in [-0.4, -0.2) is 23.3 Å². The van der Waals surface area contributed by atoms with Gasteiger partial charge >= 0.3 is 11.9 Å². The van der Waals surface area contributed by atoms with Crippen molar-refractivity contribution in [1.29, 1.82) is 0 Å². The first-order valence-electron chi connectivity index (χ1n) is 7.01. The highest BCUT2D eigenvalue weighted by Gasteiger charge is 2.45. The molecule has 0 heterocycles. The highest BCUT2D eigenvalue weighted by atomic mass is 19.4. The second-order valence-corrected chi connectivity index (χ2v) is 4.74. The predicted octanol–water partition coefficient (Wildman–Crippen LogP) is 4.62. The van der Waals surface area contributed by atoms with Gasteiger partial charge in [0.1, 0.15) is 5.75 Å². The average Bonchev–Trinajstić information content (AvgIpc) is 2.42. The number of hydrogen-bond donors (Lipinski definition) is 0. The van der Waals surface area contributed by atoms with Crippen LogP contribution in [0.2, 0.25) is 0 Å². The molecule has 0 aliphatic heterocycles. The van der Waals surface area contributed by atoms with E-state index in [0.717, 1.165) is 25.7 Å². The normalized spacial score (nSPS) is 11.0. The first-order valence-corrected chi connectivity index (χ1v) is 7.01. The zero-order chi connectivity index (χ0) is 15.7. The van der Waals surface area contributed by atoms with Crippen LogP contribution in [-0.2, 0) is 0 Å². The molecule has 3 nitrogen and oxygen atoms in total. The number of unbranched alkanes of at least 4 members (excludes halogenated alkanes) is 4. The third kappa shape index (κ3) is 6.00. The second kappa shape index (κ2) is 8.47. The van der Waals surface area contributed by atoms with Gasteiger partial charge in [0.05, 0.1) is 12.2 Å². The van der Waals surface area contributed by atoms with E-state index in [9.17, 15) is 13.2 Å². The Bertz CT molecular complexity index is 494. The summed E-state index contributed by atoms with van der Waals surface area (Å²) in [5.74, 6) is 0.341. The average molecular weight is 300 g/mol. The largest absolute Gasteiger partial charge is 0.495 e. The molecule has 0 unspecified atom stereocenters. The van der Waals surface area contributed by atoms with E-state index in [4.69, 9.17) is 10.3 Å². The van der Waals surface area contributed by atoms with E-state index in [1.54, 1.807) is 6.07 Å². The molecule has 0 saturated carbocycles. The number of rotatable bonds is 8. The van der Waals surface area contributed by atoms with Crippen LogP contribution in [0.5, 0.6) is 5.75 Å². The van der Waals surface area contributed by atoms with E-state index in [-0.39, 0.29) is 5.56 Å². The van der Waals surface area contributed by atoms with Crippen molar-refractivity contribution in [2.24, 2.45) is 0 Å². The molecule has 0 aliphatic carbocycles. The van der Waals surface area contributed by atoms with Gasteiger partial charge in [-0.15, -0.1) is 0 Å². The monoisotopic (exact) mass is 300 g/mol. The van der Waals surface area contributed by atoms with Crippen LogP contribution in [0.4, 0.5) is 13.2 Å². The fourth-order valence-electron chi connectivity index (χ4n) is 1.91. The third-order valence-corrected chi connectivity index (χ3v) is 2.99. The summed E-state index contributed by atoms with van der Waals surface area (Å²) in [6.07, 6.45) is 0.674. The summed E-state index contributed by atoms with van der Waals surface area (Å²) in [6, 6.07) is 5.49. The molecule has 0 aromatic heterocycles. The van der Waals surface area contributed by atoms with Crippen molar-refractivity contribution in [3.05, 3.63) is 35.4 Å². The second-order valence-electron chi connectivity index (χ2n) is 4.74. The Morgan fingerprint density at radius 1 is 1.19 bits per heavy atom. The topological polar surface area (TPSA) is 45.6 Å². The lowest BCUT2D eigenvalue weighted by atomic mass is 10.1. The zero-order valence-corrected chi connectivity index (χ0v) is 12.0. The molecule has 21 heavy (non-hydrogen) atoms. The molecule has 0 N–H and O–H groups in total. The molecule has 0 amide bonds. The third-order valence-electron chi connectivity index (χ3n) is 2.99. The molecular weight excluding hydrogens is 281 g/mol. The summed E-state index contributed by atoms with van der Waals surface area (Å²) >= 11 is 0. The number of nitrogens with zero attached hydrogens (tertiary/aromatic N) is 2. The van der Waals surface area contributed by atoms with E-state index in [1.165, 1.54) is 24.6 Å². The SMILES string of the molecule is CCCCCCCOc1cccc(C(=[N+]=[N-])C(F)(F)F)c1. The lowest BCUT2D eigenvalue weighted by molar-refractivity contribution is -0.111. The molecule has 116 valence electrons. The summed E-state index contributed by atoms with van der Waals surface area (Å²) in [5, 5.41) is 0. The predicted molar refractivity (Wildman–Crippen MR) is 74.5 cm³/mol. The van der Waals surface area contributed by atoms with Gasteiger partial charge in [-0.1, -0.05) is 38.7 Å². The molecule has 0 atom stereocenters. The van der Waals surface area contributed by atoms with Gasteiger partial charge in [-0.25, -0.2) is 0 Å². The first-order chi connectivity index (χ1) is 9.99. The van der Waals surface area contributed by atoms with Crippen LogP contribution in [0, 0.1) is 0 Å². The van der Waals surface area contributed by atoms with Crippen LogP contribution in [0.1, 0.15) is 44.6 Å². The van der Waals surface area contributed by atoms with Crippen molar-refractivity contribution in [2.75, 3.05) is 6.61 Å². The van der Waals surface area contributed by atoms with Crippen molar-refractivity contribution < 1.29 is 22.7 Å². The van der Waals surface area contributed by atoms with Gasteiger partial charge in [0.15, 0.2) is 0 Å². The number of hydrogen-bond acceptors (Lipinski definition) is 1. The van der Waals surface area contributed by atoms with Crippen LogP contribution in [0.15, 0.2) is 24.3 Å². The molecule has 1 rings (SSSR count). The lowest BCUT2D eigenvalue weighted by Gasteiger charge is -2.07. The molecule has 1 aromatic rings. The fourth-order valence-corrected chi connectivity index (χ4v) is 1.91. The first kappa shape index (κ1) is 17.2. The molecular formula is C15H19F3N2O. The summed E-state index contributed by atoms with van der Waals surface area (Å²) in [5.41, 5.74) is 6.99. The number of ether oxygens (including phenoxy) is 1. The summed E-state index contributed by atoms with van der Waals surface area (Å²) in [7, 11) is 0. The summed E-state index contributed by atoms with van der Waals surface area (Å²) in [4.78, 5) is 2.34. The Morgan fingerprint density at radius 2 is 1.90 bits per heavy atom. The minimum absolute atomic E-state index is 0.214. The molecule has 6 heteroatoms. The van der Waals surface area contributed by atoms with E-state index in [2.05, 4.69) is 11.7 Å². The van der Waals surface area contributed by atoms with Crippen LogP contribution >= 0.6 is 0 Å². The number of halogens is 3. The maximum absolute atomic E-state index is 12.6. The van der Waals surface area contributed by atoms with Gasteiger partial charge in [0, 0.05) is 0 Å². The highest BCUT2D eigenvalue weighted by molar-refractivity contribution is 6.00. The van der Waals surface area contributed by atoms with E-state index in [1.807, 2.05) is 0 Å². The quantitative estimate of drug-likeness (QED) is 0.299. The Kier molecular flexibility index (Phi) is 6.96. The van der Waals surface area contributed by atoms with Crippen LogP contribution in [0.3, 0.4) is 0 Å². The molecule has 0 fully saturated rings. The van der Waals surface area contributed by atoms with E-state index in [0.29, 0.717) is 12.4 Å². The molecule has 0 bridgehead atoms. The highest BCUT2D eigenvalue weighted by Crippen LogP contribution is 2.23. The van der Waals surface area contributed by atoms with Crippen molar-refractivity contribution in [2.45, 2.75) is 45.2 Å². The Balaban J connectivity index is 2.59. The minimum Gasteiger partial charge on any atom is -0.494 e.